The summed E-state index contributed by atoms with van der Waals surface area (Å²) in [7, 11) is 0. The van der Waals surface area contributed by atoms with Crippen LogP contribution in [0.15, 0.2) is 253 Å². The zero-order valence-electron chi connectivity index (χ0n) is 47.7. The molecule has 0 aliphatic heterocycles. The number of hydrogen-bond acceptors (Lipinski definition) is 16. The smallest absolute Gasteiger partial charge is 0.262 e. The summed E-state index contributed by atoms with van der Waals surface area (Å²) >= 11 is 9.60. The standard InChI is InChI=1S/C17H11BrN4O.C17H11ClN4O.C17H11FN4O.C17H12N4O2/c3*18-16-14-15(21-22-17(14)20-10-19-16)11-6-8-13(9-7-11)23-12-4-2-1-3-5-12;22-17-14-15(20-21-16(14)18-10-19-17)11-6-8-13(9-7-11)23-12-4-2-1-3-5-12/h3*1-10H,(H,19,20,21,22);1-10H,(H2,18,19,20,21,22). The first-order valence-electron chi connectivity index (χ1n) is 28.0. The van der Waals surface area contributed by atoms with Gasteiger partial charge in [0.25, 0.3) is 5.56 Å². The lowest BCUT2D eigenvalue weighted by Crippen LogP contribution is -2.05. The highest BCUT2D eigenvalue weighted by Crippen LogP contribution is 2.35. The number of benzene rings is 8. The molecule has 5 N–H and O–H groups in total. The molecule has 0 unspecified atom stereocenters. The van der Waals surface area contributed by atoms with Gasteiger partial charge < -0.3 is 23.9 Å². The Kier molecular flexibility index (Phi) is 17.5. The zero-order valence-corrected chi connectivity index (χ0v) is 50.0. The van der Waals surface area contributed by atoms with Crippen LogP contribution >= 0.6 is 27.5 Å². The van der Waals surface area contributed by atoms with Gasteiger partial charge in [-0.1, -0.05) is 84.4 Å². The monoisotopic (exact) mass is 1300 g/mol. The van der Waals surface area contributed by atoms with E-state index in [1.807, 2.05) is 218 Å². The molecule has 8 aromatic carbocycles. The van der Waals surface area contributed by atoms with Crippen LogP contribution in [0.25, 0.3) is 89.2 Å². The number of nitrogens with zero attached hydrogens (tertiary/aromatic N) is 11. The molecule has 0 saturated carbocycles. The third-order valence-electron chi connectivity index (χ3n) is 13.8. The van der Waals surface area contributed by atoms with Crippen molar-refractivity contribution in [3.8, 4) is 91.0 Å². The van der Waals surface area contributed by atoms with E-state index in [4.69, 9.17) is 30.5 Å². The molecule has 24 heteroatoms. The van der Waals surface area contributed by atoms with E-state index in [1.165, 1.54) is 19.0 Å². The van der Waals surface area contributed by atoms with Crippen LogP contribution in [0.5, 0.6) is 46.0 Å². The van der Waals surface area contributed by atoms with Crippen molar-refractivity contribution in [2.75, 3.05) is 0 Å². The Morgan fingerprint density at radius 1 is 0.337 bits per heavy atom. The van der Waals surface area contributed by atoms with E-state index < -0.39 is 5.95 Å². The van der Waals surface area contributed by atoms with Crippen molar-refractivity contribution in [3.63, 3.8) is 0 Å². The number of ether oxygens (including phenoxy) is 4. The normalized spacial score (nSPS) is 10.8. The molecule has 8 heterocycles. The van der Waals surface area contributed by atoms with Gasteiger partial charge in [0.05, 0.1) is 39.9 Å². The fourth-order valence-corrected chi connectivity index (χ4v) is 10.1. The summed E-state index contributed by atoms with van der Waals surface area (Å²) in [5.74, 6) is 5.48. The molecule has 0 radical (unpaired) electrons. The molecule has 0 amide bonds. The van der Waals surface area contributed by atoms with Crippen LogP contribution in [-0.2, 0) is 0 Å². The number of halogens is 3. The van der Waals surface area contributed by atoms with Gasteiger partial charge in [0.2, 0.25) is 5.95 Å². The third kappa shape index (κ3) is 13.5. The SMILES string of the molecule is Brc1ncnc2n[nH]c(-c3ccc(Oc4ccccc4)cc3)c12.Clc1ncnc2n[nH]c(-c3ccc(Oc4ccccc4)cc3)c12.Fc1ncnc2n[nH]c(-c3ccc(Oc4ccccc4)cc3)c12.O=c1[nH]cnc2n[nH]c(-c3ccc(Oc4ccccc4)cc3)c12. The molecule has 0 saturated heterocycles. The van der Waals surface area contributed by atoms with Crippen LogP contribution in [0.4, 0.5) is 4.39 Å². The van der Waals surface area contributed by atoms with Gasteiger partial charge in [-0.15, -0.1) is 0 Å². The number of H-pyrrole nitrogens is 5. The van der Waals surface area contributed by atoms with E-state index in [9.17, 15) is 9.18 Å². The predicted octanol–water partition coefficient (Wildman–Crippen LogP) is 16.1. The molecule has 16 aromatic rings. The predicted molar refractivity (Wildman–Crippen MR) is 350 cm³/mol. The number of aromatic nitrogens is 16. The highest BCUT2D eigenvalue weighted by molar-refractivity contribution is 9.10. The van der Waals surface area contributed by atoms with Crippen LogP contribution in [0.2, 0.25) is 5.15 Å². The van der Waals surface area contributed by atoms with E-state index in [1.54, 1.807) is 0 Å². The number of para-hydroxylation sites is 4. The number of aromatic amines is 5. The van der Waals surface area contributed by atoms with E-state index in [-0.39, 0.29) is 10.9 Å². The molecule has 92 heavy (non-hydrogen) atoms. The lowest BCUT2D eigenvalue weighted by molar-refractivity contribution is 0.482. The summed E-state index contributed by atoms with van der Waals surface area (Å²) < 4.78 is 37.7. The Balaban J connectivity index is 0.000000112. The Bertz CT molecular complexity index is 4790. The minimum atomic E-state index is -0.594. The number of nitrogens with one attached hydrogen (secondary N) is 5. The molecule has 21 nitrogen and oxygen atoms in total. The molecular weight excluding hydrogens is 1260 g/mol. The summed E-state index contributed by atoms with van der Waals surface area (Å²) in [5.41, 5.74) is 8.05. The van der Waals surface area contributed by atoms with E-state index in [2.05, 4.69) is 96.6 Å². The van der Waals surface area contributed by atoms with Crippen molar-refractivity contribution in [1.82, 2.24) is 80.7 Å². The fraction of sp³-hybridized carbons (Fsp3) is 0. The van der Waals surface area contributed by atoms with Gasteiger partial charge in [0.15, 0.2) is 22.6 Å². The highest BCUT2D eigenvalue weighted by atomic mass is 79.9. The Morgan fingerprint density at radius 2 is 0.641 bits per heavy atom. The Morgan fingerprint density at radius 3 is 1.04 bits per heavy atom. The van der Waals surface area contributed by atoms with Crippen molar-refractivity contribution in [2.24, 2.45) is 0 Å². The van der Waals surface area contributed by atoms with Gasteiger partial charge in [-0.05, 0) is 162 Å². The largest absolute Gasteiger partial charge is 0.457 e. The number of rotatable bonds is 12. The lowest BCUT2D eigenvalue weighted by Gasteiger charge is -2.06. The molecule has 0 atom stereocenters. The van der Waals surface area contributed by atoms with Crippen LogP contribution in [0, 0.1) is 5.95 Å². The molecule has 0 aliphatic carbocycles. The van der Waals surface area contributed by atoms with Crippen LogP contribution in [-0.4, -0.2) is 80.7 Å². The van der Waals surface area contributed by atoms with Crippen LogP contribution in [0.3, 0.4) is 0 Å². The summed E-state index contributed by atoms with van der Waals surface area (Å²) in [6.07, 6.45) is 5.37. The average molecular weight is 1300 g/mol. The van der Waals surface area contributed by atoms with Gasteiger partial charge in [-0.2, -0.15) is 24.8 Å². The first kappa shape index (κ1) is 58.7. The summed E-state index contributed by atoms with van der Waals surface area (Å²) in [5, 5.41) is 30.8. The van der Waals surface area contributed by atoms with E-state index >= 15 is 0 Å². The van der Waals surface area contributed by atoms with Crippen LogP contribution < -0.4 is 24.5 Å². The number of fused-ring (bicyclic) bond motifs is 4. The molecule has 8 aromatic heterocycles. The zero-order chi connectivity index (χ0) is 62.6. The van der Waals surface area contributed by atoms with Gasteiger partial charge in [-0.3, -0.25) is 25.2 Å². The quantitative estimate of drug-likeness (QED) is 0.0711. The van der Waals surface area contributed by atoms with Gasteiger partial charge in [-0.25, -0.2) is 34.9 Å². The van der Waals surface area contributed by atoms with Gasteiger partial charge in [0, 0.05) is 22.3 Å². The van der Waals surface area contributed by atoms with E-state index in [0.29, 0.717) is 55.7 Å². The summed E-state index contributed by atoms with van der Waals surface area (Å²) in [6, 6.07) is 68.6. The Labute approximate surface area is 533 Å². The van der Waals surface area contributed by atoms with E-state index in [0.717, 1.165) is 90.2 Å². The van der Waals surface area contributed by atoms with Gasteiger partial charge >= 0.3 is 0 Å². The van der Waals surface area contributed by atoms with Crippen molar-refractivity contribution >= 4 is 71.7 Å². The first-order chi connectivity index (χ1) is 45.2. The van der Waals surface area contributed by atoms with Crippen molar-refractivity contribution in [1.29, 1.82) is 0 Å². The van der Waals surface area contributed by atoms with Crippen molar-refractivity contribution in [3.05, 3.63) is 270 Å². The molecule has 0 bridgehead atoms. The first-order valence-corrected chi connectivity index (χ1v) is 29.2. The fourth-order valence-electron chi connectivity index (χ4n) is 9.42. The third-order valence-corrected chi connectivity index (χ3v) is 14.6. The maximum absolute atomic E-state index is 13.9. The maximum atomic E-state index is 13.9. The summed E-state index contributed by atoms with van der Waals surface area (Å²) in [6.45, 7) is 0. The maximum Gasteiger partial charge on any atom is 0.262 e. The topological polar surface area (TPSA) is 275 Å². The Hall–Kier alpha value is -12.3. The lowest BCUT2D eigenvalue weighted by atomic mass is 10.1. The average Bonchev–Trinajstić information content (AvgIpc) is 2.94. The molecular formula is C68H45BrClFN16O5. The second kappa shape index (κ2) is 27.4. The minimum absolute atomic E-state index is 0.219. The molecule has 0 spiro atoms. The molecule has 16 rings (SSSR count). The molecule has 0 aliphatic rings. The highest BCUT2D eigenvalue weighted by Gasteiger charge is 2.17. The second-order valence-corrected chi connectivity index (χ2v) is 20.8. The molecule has 0 fully saturated rings. The minimum Gasteiger partial charge on any atom is -0.457 e. The second-order valence-electron chi connectivity index (χ2n) is 19.7. The van der Waals surface area contributed by atoms with Crippen LogP contribution in [0.1, 0.15) is 0 Å². The summed E-state index contributed by atoms with van der Waals surface area (Å²) in [4.78, 5) is 42.5. The van der Waals surface area contributed by atoms with Crippen molar-refractivity contribution in [2.45, 2.75) is 0 Å². The van der Waals surface area contributed by atoms with Crippen molar-refractivity contribution < 1.29 is 23.3 Å². The van der Waals surface area contributed by atoms with Gasteiger partial charge in [0.1, 0.15) is 85.5 Å². The number of hydrogen-bond donors (Lipinski definition) is 5. The molecule has 448 valence electrons.